The van der Waals surface area contributed by atoms with Gasteiger partial charge in [-0.25, -0.2) is 4.39 Å². The Balaban J connectivity index is 1.35. The number of fused-ring (bicyclic) bond motifs is 1. The van der Waals surface area contributed by atoms with E-state index in [-0.39, 0.29) is 55.1 Å². The molecule has 3 aromatic rings. The van der Waals surface area contributed by atoms with E-state index in [2.05, 4.69) is 5.10 Å². The average molecular weight is 562 g/mol. The summed E-state index contributed by atoms with van der Waals surface area (Å²) in [6, 6.07) is 5.09. The fraction of sp³-hybridized carbons (Fsp3) is 0.400. The van der Waals surface area contributed by atoms with E-state index < -0.39 is 34.5 Å². The third-order valence-corrected chi connectivity index (χ3v) is 7.16. The number of thioether (sulfide) groups is 1. The average Bonchev–Trinajstić information content (AvgIpc) is 3.21. The van der Waals surface area contributed by atoms with Gasteiger partial charge < -0.3 is 4.90 Å². The van der Waals surface area contributed by atoms with Gasteiger partial charge in [-0.15, -0.1) is 0 Å². The Kier molecular flexibility index (Phi) is 7.78. The number of carbonyl (C=O) groups is 2. The predicted octanol–water partition coefficient (Wildman–Crippen LogP) is 6.49. The molecule has 0 bridgehead atoms. The zero-order valence-corrected chi connectivity index (χ0v) is 20.8. The summed E-state index contributed by atoms with van der Waals surface area (Å²) >= 11 is -0.153. The Bertz CT molecular complexity index is 1360. The van der Waals surface area contributed by atoms with E-state index in [4.69, 9.17) is 0 Å². The summed E-state index contributed by atoms with van der Waals surface area (Å²) in [7, 11) is 0. The number of alkyl halides is 6. The fourth-order valence-electron chi connectivity index (χ4n) is 4.38. The number of hydrogen-bond acceptors (Lipinski definition) is 4. The lowest BCUT2D eigenvalue weighted by molar-refractivity contribution is -0.137. The van der Waals surface area contributed by atoms with Crippen LogP contribution >= 0.6 is 11.8 Å². The number of rotatable bonds is 8. The highest BCUT2D eigenvalue weighted by molar-refractivity contribution is 8.00. The normalized spacial score (nSPS) is 14.7. The summed E-state index contributed by atoms with van der Waals surface area (Å²) in [5, 5.41) is 5.20. The van der Waals surface area contributed by atoms with E-state index >= 15 is 0 Å². The number of aromatic nitrogens is 2. The zero-order chi connectivity index (χ0) is 27.8. The van der Waals surface area contributed by atoms with Crippen LogP contribution in [0.5, 0.6) is 0 Å². The molecule has 38 heavy (non-hydrogen) atoms. The van der Waals surface area contributed by atoms with Crippen LogP contribution in [-0.4, -0.2) is 50.7 Å². The van der Waals surface area contributed by atoms with Crippen LogP contribution in [0.4, 0.5) is 30.7 Å². The van der Waals surface area contributed by atoms with Gasteiger partial charge in [0.05, 0.1) is 16.6 Å². The number of nitrogens with zero attached hydrogens (tertiary/aromatic N) is 3. The highest BCUT2D eigenvalue weighted by Crippen LogP contribution is 2.32. The highest BCUT2D eigenvalue weighted by Gasteiger charge is 2.35. The Labute approximate surface area is 217 Å². The van der Waals surface area contributed by atoms with Gasteiger partial charge in [-0.3, -0.25) is 14.3 Å². The number of ketones is 1. The standard InChI is InChI=1S/C25H22F7N3O2S/c1-14-17(22(36)3-2-8-38-25(30,31)32)6-7-21-19(14)13-35(33-21)12-15-10-34(11-15)23(37)18-5-4-16(9-20(18)26)24(27,28)29/h4-7,9,13,15H,2-3,8,10-12H2,1H3. The molecule has 0 N–H and O–H groups in total. The molecule has 2 aromatic carbocycles. The molecule has 1 aromatic heterocycles. The van der Waals surface area contributed by atoms with E-state index in [1.807, 2.05) is 0 Å². The summed E-state index contributed by atoms with van der Waals surface area (Å²) in [6.45, 7) is 2.71. The quantitative estimate of drug-likeness (QED) is 0.179. The first-order valence-corrected chi connectivity index (χ1v) is 12.6. The number of carbonyl (C=O) groups excluding carboxylic acids is 2. The van der Waals surface area contributed by atoms with Gasteiger partial charge in [0, 0.05) is 54.9 Å². The second kappa shape index (κ2) is 10.6. The van der Waals surface area contributed by atoms with Crippen molar-refractivity contribution in [1.82, 2.24) is 14.7 Å². The lowest BCUT2D eigenvalue weighted by Crippen LogP contribution is -2.51. The van der Waals surface area contributed by atoms with Crippen molar-refractivity contribution in [3.05, 3.63) is 64.6 Å². The maximum Gasteiger partial charge on any atom is 0.441 e. The molecule has 1 saturated heterocycles. The van der Waals surface area contributed by atoms with Gasteiger partial charge in [-0.2, -0.15) is 31.4 Å². The molecule has 4 rings (SSSR count). The van der Waals surface area contributed by atoms with Crippen molar-refractivity contribution in [3.8, 4) is 0 Å². The third kappa shape index (κ3) is 6.30. The Morgan fingerprint density at radius 3 is 2.37 bits per heavy atom. The predicted molar refractivity (Wildman–Crippen MR) is 127 cm³/mol. The van der Waals surface area contributed by atoms with Crippen LogP contribution in [0.3, 0.4) is 0 Å². The van der Waals surface area contributed by atoms with E-state index in [9.17, 15) is 40.3 Å². The van der Waals surface area contributed by atoms with Gasteiger partial charge in [0.15, 0.2) is 5.78 Å². The summed E-state index contributed by atoms with van der Waals surface area (Å²) < 4.78 is 90.8. The van der Waals surface area contributed by atoms with Crippen molar-refractivity contribution < 1.29 is 40.3 Å². The Morgan fingerprint density at radius 1 is 1.05 bits per heavy atom. The molecule has 1 amide bonds. The maximum atomic E-state index is 14.1. The highest BCUT2D eigenvalue weighted by atomic mass is 32.2. The monoisotopic (exact) mass is 561 g/mol. The molecule has 5 nitrogen and oxygen atoms in total. The number of halogens is 7. The largest absolute Gasteiger partial charge is 0.441 e. The van der Waals surface area contributed by atoms with Crippen molar-refractivity contribution >= 4 is 34.4 Å². The second-order valence-corrected chi connectivity index (χ2v) is 10.3. The summed E-state index contributed by atoms with van der Waals surface area (Å²) in [4.78, 5) is 26.4. The smallest absolute Gasteiger partial charge is 0.338 e. The fourth-order valence-corrected chi connectivity index (χ4v) is 4.90. The van der Waals surface area contributed by atoms with Crippen molar-refractivity contribution in [3.63, 3.8) is 0 Å². The molecule has 2 heterocycles. The number of benzene rings is 2. The van der Waals surface area contributed by atoms with Crippen molar-refractivity contribution in [2.75, 3.05) is 18.8 Å². The molecule has 0 radical (unpaired) electrons. The van der Waals surface area contributed by atoms with Crippen LogP contribution in [0, 0.1) is 18.7 Å². The molecular weight excluding hydrogens is 539 g/mol. The lowest BCUT2D eigenvalue weighted by Gasteiger charge is -2.39. The van der Waals surface area contributed by atoms with Crippen molar-refractivity contribution in [2.45, 2.75) is 38.0 Å². The number of hydrogen-bond donors (Lipinski definition) is 0. The van der Waals surface area contributed by atoms with Crippen LogP contribution in [0.1, 0.15) is 44.7 Å². The van der Waals surface area contributed by atoms with E-state index in [0.717, 1.165) is 11.5 Å². The molecule has 13 heteroatoms. The van der Waals surface area contributed by atoms with Gasteiger partial charge in [-0.05, 0) is 49.2 Å². The van der Waals surface area contributed by atoms with Gasteiger partial charge >= 0.3 is 11.7 Å². The maximum absolute atomic E-state index is 14.1. The SMILES string of the molecule is Cc1c(C(=O)CCCSC(F)(F)F)ccc2nn(CC3CN(C(=O)c4ccc(C(F)(F)F)cc4F)C3)cc12. The minimum Gasteiger partial charge on any atom is -0.338 e. The first-order valence-electron chi connectivity index (χ1n) is 11.6. The third-order valence-electron chi connectivity index (χ3n) is 6.34. The molecule has 0 saturated carbocycles. The van der Waals surface area contributed by atoms with E-state index in [1.54, 1.807) is 29.9 Å². The molecule has 1 aliphatic rings. The van der Waals surface area contributed by atoms with E-state index in [0.29, 0.717) is 35.3 Å². The lowest BCUT2D eigenvalue weighted by atomic mass is 9.98. The van der Waals surface area contributed by atoms with Crippen molar-refractivity contribution in [2.24, 2.45) is 5.92 Å². The van der Waals surface area contributed by atoms with Crippen molar-refractivity contribution in [1.29, 1.82) is 0 Å². The number of likely N-dealkylation sites (tertiary alicyclic amines) is 1. The van der Waals surface area contributed by atoms with Crippen LogP contribution in [0.2, 0.25) is 0 Å². The molecular formula is C25H22F7N3O2S. The minimum absolute atomic E-state index is 0.00493. The first kappa shape index (κ1) is 27.9. The number of aryl methyl sites for hydroxylation is 1. The summed E-state index contributed by atoms with van der Waals surface area (Å²) in [5.41, 5.74) is -4.19. The van der Waals surface area contributed by atoms with Gasteiger partial charge in [-0.1, -0.05) is 11.8 Å². The van der Waals surface area contributed by atoms with Gasteiger partial charge in [0.1, 0.15) is 5.82 Å². The van der Waals surface area contributed by atoms with Crippen LogP contribution in [-0.2, 0) is 12.7 Å². The Morgan fingerprint density at radius 2 is 1.74 bits per heavy atom. The minimum atomic E-state index is -4.71. The second-order valence-electron chi connectivity index (χ2n) is 9.11. The molecule has 204 valence electrons. The molecule has 0 spiro atoms. The van der Waals surface area contributed by atoms with Crippen LogP contribution < -0.4 is 0 Å². The van der Waals surface area contributed by atoms with Gasteiger partial charge in [0.2, 0.25) is 0 Å². The van der Waals surface area contributed by atoms with Gasteiger partial charge in [0.25, 0.3) is 5.91 Å². The molecule has 1 fully saturated rings. The van der Waals surface area contributed by atoms with E-state index in [1.165, 1.54) is 4.90 Å². The number of amides is 1. The zero-order valence-electron chi connectivity index (χ0n) is 20.0. The topological polar surface area (TPSA) is 55.2 Å². The molecule has 0 atom stereocenters. The van der Waals surface area contributed by atoms with Crippen LogP contribution in [0.25, 0.3) is 10.9 Å². The Hall–Kier alpha value is -3.09. The first-order chi connectivity index (χ1) is 17.7. The van der Waals surface area contributed by atoms with Crippen LogP contribution in [0.15, 0.2) is 36.5 Å². The number of Topliss-reactive ketones (excluding diaryl/α,β-unsaturated/α-hetero) is 1. The molecule has 0 unspecified atom stereocenters. The molecule has 1 aliphatic heterocycles. The summed E-state index contributed by atoms with van der Waals surface area (Å²) in [5.74, 6) is -2.37. The summed E-state index contributed by atoms with van der Waals surface area (Å²) in [6.07, 6.45) is -2.86. The molecule has 0 aliphatic carbocycles.